The SMILES string of the molecule is COc1ccc(N(OC(=O)C(F)(F)F)C(=O)N(CCCN2CCC(Cc3ccccc3)CC2)Cc2ccccc2)cc1. The Balaban J connectivity index is 1.43. The average molecular weight is 584 g/mol. The number of ether oxygens (including phenoxy) is 1. The second-order valence-electron chi connectivity index (χ2n) is 10.4. The van der Waals surface area contributed by atoms with Gasteiger partial charge in [0.15, 0.2) is 0 Å². The summed E-state index contributed by atoms with van der Waals surface area (Å²) in [6.07, 6.45) is -1.44. The number of halogens is 3. The first-order chi connectivity index (χ1) is 20.2. The van der Waals surface area contributed by atoms with E-state index in [0.29, 0.717) is 23.2 Å². The molecule has 1 aliphatic rings. The molecule has 0 radical (unpaired) electrons. The third-order valence-corrected chi connectivity index (χ3v) is 7.35. The zero-order chi connectivity index (χ0) is 30.0. The molecule has 1 fully saturated rings. The van der Waals surface area contributed by atoms with Crippen molar-refractivity contribution in [1.82, 2.24) is 9.80 Å². The molecular weight excluding hydrogens is 547 g/mol. The zero-order valence-electron chi connectivity index (χ0n) is 23.6. The van der Waals surface area contributed by atoms with Gasteiger partial charge in [-0.3, -0.25) is 0 Å². The maximum absolute atomic E-state index is 13.7. The van der Waals surface area contributed by atoms with Crippen molar-refractivity contribution in [2.24, 2.45) is 5.92 Å². The Kier molecular flexibility index (Phi) is 10.8. The highest BCUT2D eigenvalue weighted by atomic mass is 19.4. The first-order valence-corrected chi connectivity index (χ1v) is 14.1. The molecule has 1 heterocycles. The topological polar surface area (TPSA) is 62.3 Å². The van der Waals surface area contributed by atoms with Crippen LogP contribution in [0.2, 0.25) is 0 Å². The van der Waals surface area contributed by atoms with Crippen LogP contribution in [0.25, 0.3) is 0 Å². The van der Waals surface area contributed by atoms with E-state index in [9.17, 15) is 22.8 Å². The number of amides is 2. The first-order valence-electron chi connectivity index (χ1n) is 14.1. The van der Waals surface area contributed by atoms with Gasteiger partial charge in [0.25, 0.3) is 0 Å². The Hall–Kier alpha value is -4.05. The number of nitrogens with zero attached hydrogens (tertiary/aromatic N) is 3. The third-order valence-electron chi connectivity index (χ3n) is 7.35. The number of piperidine rings is 1. The lowest BCUT2D eigenvalue weighted by Crippen LogP contribution is -2.47. The molecule has 0 spiro atoms. The van der Waals surface area contributed by atoms with Crippen molar-refractivity contribution in [3.63, 3.8) is 0 Å². The van der Waals surface area contributed by atoms with Gasteiger partial charge in [0, 0.05) is 13.1 Å². The summed E-state index contributed by atoms with van der Waals surface area (Å²) in [5.74, 6) is -1.42. The van der Waals surface area contributed by atoms with Crippen LogP contribution < -0.4 is 9.80 Å². The fourth-order valence-electron chi connectivity index (χ4n) is 5.08. The molecule has 0 aliphatic carbocycles. The number of hydroxylamine groups is 1. The fourth-order valence-corrected chi connectivity index (χ4v) is 5.08. The summed E-state index contributed by atoms with van der Waals surface area (Å²) in [5.41, 5.74) is 2.11. The zero-order valence-corrected chi connectivity index (χ0v) is 23.6. The number of alkyl halides is 3. The number of carbonyl (C=O) groups excluding carboxylic acids is 2. The molecule has 1 aliphatic heterocycles. The standard InChI is InChI=1S/C32H36F3N3O4/c1-41-29-15-13-28(14-16-29)38(42-30(39)32(33,34)35)31(40)37(24-27-11-6-3-7-12-27)20-8-19-36-21-17-26(18-22-36)23-25-9-4-2-5-10-25/h2-7,9-16,26H,8,17-24H2,1H3. The molecule has 0 N–H and O–H groups in total. The Morgan fingerprint density at radius 1 is 0.881 bits per heavy atom. The largest absolute Gasteiger partial charge is 0.497 e. The molecule has 10 heteroatoms. The monoisotopic (exact) mass is 583 g/mol. The highest BCUT2D eigenvalue weighted by Crippen LogP contribution is 2.26. The van der Waals surface area contributed by atoms with Gasteiger partial charge in [0.1, 0.15) is 5.75 Å². The van der Waals surface area contributed by atoms with Crippen molar-refractivity contribution in [2.75, 3.05) is 38.4 Å². The Morgan fingerprint density at radius 3 is 2.05 bits per heavy atom. The Bertz CT molecular complexity index is 1270. The second kappa shape index (κ2) is 14.7. The summed E-state index contributed by atoms with van der Waals surface area (Å²) < 4.78 is 44.6. The molecule has 2 amide bonds. The molecule has 0 aromatic heterocycles. The van der Waals surface area contributed by atoms with Gasteiger partial charge in [0.05, 0.1) is 12.8 Å². The highest BCUT2D eigenvalue weighted by molar-refractivity contribution is 5.93. The van der Waals surface area contributed by atoms with E-state index in [4.69, 9.17) is 4.74 Å². The van der Waals surface area contributed by atoms with Crippen molar-refractivity contribution in [2.45, 2.75) is 38.4 Å². The number of likely N-dealkylation sites (tertiary alicyclic amines) is 1. The smallest absolute Gasteiger partial charge is 0.493 e. The van der Waals surface area contributed by atoms with E-state index in [1.54, 1.807) is 0 Å². The van der Waals surface area contributed by atoms with Crippen LogP contribution in [-0.2, 0) is 22.6 Å². The van der Waals surface area contributed by atoms with E-state index in [1.165, 1.54) is 41.8 Å². The van der Waals surface area contributed by atoms with E-state index < -0.39 is 18.2 Å². The first kappa shape index (κ1) is 30.9. The van der Waals surface area contributed by atoms with Crippen LogP contribution in [0.3, 0.4) is 0 Å². The lowest BCUT2D eigenvalue weighted by molar-refractivity contribution is -0.200. The van der Waals surface area contributed by atoms with E-state index >= 15 is 0 Å². The quantitative estimate of drug-likeness (QED) is 0.256. The van der Waals surface area contributed by atoms with Crippen molar-refractivity contribution >= 4 is 17.7 Å². The van der Waals surface area contributed by atoms with E-state index in [2.05, 4.69) is 34.0 Å². The molecule has 4 rings (SSSR count). The Morgan fingerprint density at radius 2 is 1.48 bits per heavy atom. The summed E-state index contributed by atoms with van der Waals surface area (Å²) in [5, 5.41) is 0.410. The summed E-state index contributed by atoms with van der Waals surface area (Å²) in [7, 11) is 1.44. The molecule has 0 saturated carbocycles. The lowest BCUT2D eigenvalue weighted by atomic mass is 9.90. The Labute approximate surface area is 244 Å². The highest BCUT2D eigenvalue weighted by Gasteiger charge is 2.44. The fraction of sp³-hybridized carbons (Fsp3) is 0.375. The molecule has 0 unspecified atom stereocenters. The van der Waals surface area contributed by atoms with Gasteiger partial charge in [-0.25, -0.2) is 9.59 Å². The van der Waals surface area contributed by atoms with Crippen LogP contribution in [0.1, 0.15) is 30.4 Å². The molecule has 7 nitrogen and oxygen atoms in total. The van der Waals surface area contributed by atoms with Crippen molar-refractivity contribution in [3.05, 3.63) is 96.1 Å². The molecule has 224 valence electrons. The number of carbonyl (C=O) groups is 2. The van der Waals surface area contributed by atoms with Crippen LogP contribution in [0, 0.1) is 5.92 Å². The number of methoxy groups -OCH3 is 1. The van der Waals surface area contributed by atoms with Gasteiger partial charge in [-0.05, 0) is 86.6 Å². The average Bonchev–Trinajstić information content (AvgIpc) is 3.00. The van der Waals surface area contributed by atoms with E-state index in [1.807, 2.05) is 36.4 Å². The van der Waals surface area contributed by atoms with Gasteiger partial charge in [-0.2, -0.15) is 13.2 Å². The minimum Gasteiger partial charge on any atom is -0.497 e. The predicted molar refractivity (Wildman–Crippen MR) is 154 cm³/mol. The van der Waals surface area contributed by atoms with Crippen LogP contribution in [0.15, 0.2) is 84.9 Å². The van der Waals surface area contributed by atoms with Crippen LogP contribution >= 0.6 is 0 Å². The van der Waals surface area contributed by atoms with Crippen molar-refractivity contribution in [3.8, 4) is 5.75 Å². The van der Waals surface area contributed by atoms with Crippen LogP contribution in [-0.4, -0.2) is 61.3 Å². The minimum atomic E-state index is -5.28. The summed E-state index contributed by atoms with van der Waals surface area (Å²) in [4.78, 5) is 34.0. The molecule has 3 aromatic rings. The normalized spacial score (nSPS) is 14.3. The van der Waals surface area contributed by atoms with Crippen LogP contribution in [0.5, 0.6) is 5.75 Å². The number of rotatable bonds is 10. The number of benzene rings is 3. The second-order valence-corrected chi connectivity index (χ2v) is 10.4. The maximum Gasteiger partial charge on any atom is 0.493 e. The molecule has 0 atom stereocenters. The number of hydrogen-bond donors (Lipinski definition) is 0. The van der Waals surface area contributed by atoms with Crippen molar-refractivity contribution in [1.29, 1.82) is 0 Å². The van der Waals surface area contributed by atoms with Gasteiger partial charge in [0.2, 0.25) is 0 Å². The number of urea groups is 1. The summed E-state index contributed by atoms with van der Waals surface area (Å²) >= 11 is 0. The molecule has 1 saturated heterocycles. The van der Waals surface area contributed by atoms with Gasteiger partial charge < -0.3 is 19.4 Å². The van der Waals surface area contributed by atoms with E-state index in [-0.39, 0.29) is 18.8 Å². The molecular formula is C32H36F3N3O4. The lowest BCUT2D eigenvalue weighted by Gasteiger charge is -2.33. The van der Waals surface area contributed by atoms with Gasteiger partial charge >= 0.3 is 18.2 Å². The molecule has 0 bridgehead atoms. The predicted octanol–water partition coefficient (Wildman–Crippen LogP) is 6.49. The number of anilines is 1. The minimum absolute atomic E-state index is 0.0306. The van der Waals surface area contributed by atoms with Gasteiger partial charge in [-0.1, -0.05) is 60.7 Å². The molecule has 42 heavy (non-hydrogen) atoms. The van der Waals surface area contributed by atoms with E-state index in [0.717, 1.165) is 44.5 Å². The number of hydrogen-bond acceptors (Lipinski definition) is 5. The van der Waals surface area contributed by atoms with Gasteiger partial charge in [-0.15, -0.1) is 5.06 Å². The summed E-state index contributed by atoms with van der Waals surface area (Å²) in [6, 6.07) is 24.4. The molecule has 3 aromatic carbocycles. The maximum atomic E-state index is 13.7. The van der Waals surface area contributed by atoms with Crippen LogP contribution in [0.4, 0.5) is 23.7 Å². The van der Waals surface area contributed by atoms with Crippen molar-refractivity contribution < 1.29 is 32.3 Å². The third kappa shape index (κ3) is 8.97. The summed E-state index contributed by atoms with van der Waals surface area (Å²) in [6.45, 7) is 3.03.